The molecule has 1 saturated heterocycles. The molecule has 19 heavy (non-hydrogen) atoms. The molecule has 1 aliphatic heterocycles. The van der Waals surface area contributed by atoms with Crippen LogP contribution in [0.1, 0.15) is 18.9 Å². The molecule has 0 aliphatic carbocycles. The Kier molecular flexibility index (Phi) is 4.43. The lowest BCUT2D eigenvalue weighted by molar-refractivity contribution is 0.394. The number of hydrogen-bond donors (Lipinski definition) is 1. The Labute approximate surface area is 119 Å². The molecule has 2 N–H and O–H groups in total. The molecule has 1 aromatic rings. The van der Waals surface area contributed by atoms with Crippen molar-refractivity contribution in [2.45, 2.75) is 30.7 Å². The first-order valence-electron chi connectivity index (χ1n) is 6.41. The van der Waals surface area contributed by atoms with Crippen molar-refractivity contribution in [3.63, 3.8) is 0 Å². The average Bonchev–Trinajstić information content (AvgIpc) is 2.91. The third-order valence-electron chi connectivity index (χ3n) is 3.55. The summed E-state index contributed by atoms with van der Waals surface area (Å²) in [6, 6.07) is 5.23. The first kappa shape index (κ1) is 14.7. The van der Waals surface area contributed by atoms with Crippen LogP contribution < -0.4 is 5.73 Å². The Morgan fingerprint density at radius 3 is 2.79 bits per heavy atom. The van der Waals surface area contributed by atoms with Gasteiger partial charge in [-0.1, -0.05) is 13.0 Å². The molecule has 6 heteroatoms. The highest BCUT2D eigenvalue weighted by Crippen LogP contribution is 2.28. The average molecular weight is 300 g/mol. The smallest absolute Gasteiger partial charge is 0.243 e. The van der Waals surface area contributed by atoms with Gasteiger partial charge in [0.2, 0.25) is 10.0 Å². The molecule has 1 heterocycles. The van der Waals surface area contributed by atoms with Crippen molar-refractivity contribution in [2.24, 2.45) is 0 Å². The zero-order valence-corrected chi connectivity index (χ0v) is 12.9. The van der Waals surface area contributed by atoms with E-state index in [1.807, 2.05) is 6.92 Å². The molecule has 1 aliphatic rings. The van der Waals surface area contributed by atoms with Crippen molar-refractivity contribution >= 4 is 27.5 Å². The van der Waals surface area contributed by atoms with Crippen LogP contribution in [0.2, 0.25) is 0 Å². The van der Waals surface area contributed by atoms with Crippen LogP contribution in [0.3, 0.4) is 0 Å². The van der Waals surface area contributed by atoms with Gasteiger partial charge in [0.25, 0.3) is 0 Å². The van der Waals surface area contributed by atoms with Crippen LogP contribution in [-0.4, -0.2) is 37.3 Å². The normalized spacial score (nSPS) is 20.1. The third-order valence-corrected chi connectivity index (χ3v) is 6.69. The fourth-order valence-electron chi connectivity index (χ4n) is 2.26. The number of aryl methyl sites for hydroxylation is 1. The van der Waals surface area contributed by atoms with Gasteiger partial charge in [-0.2, -0.15) is 16.1 Å². The van der Waals surface area contributed by atoms with E-state index in [-0.39, 0.29) is 6.04 Å². The minimum absolute atomic E-state index is 0.0983. The molecule has 106 valence electrons. The second kappa shape index (κ2) is 5.73. The first-order chi connectivity index (χ1) is 8.96. The molecule has 0 amide bonds. The van der Waals surface area contributed by atoms with Gasteiger partial charge in [-0.05, 0) is 36.3 Å². The largest absolute Gasteiger partial charge is 0.399 e. The molecule has 0 radical (unpaired) electrons. The molecule has 0 bridgehead atoms. The van der Waals surface area contributed by atoms with Crippen LogP contribution in [-0.2, 0) is 16.4 Å². The van der Waals surface area contributed by atoms with Gasteiger partial charge in [-0.25, -0.2) is 8.42 Å². The number of hydrogen-bond acceptors (Lipinski definition) is 4. The van der Waals surface area contributed by atoms with E-state index in [0.29, 0.717) is 17.0 Å². The number of rotatable bonds is 4. The van der Waals surface area contributed by atoms with E-state index in [0.717, 1.165) is 23.5 Å². The van der Waals surface area contributed by atoms with E-state index in [1.54, 1.807) is 37.0 Å². The maximum Gasteiger partial charge on any atom is 0.243 e. The zero-order valence-electron chi connectivity index (χ0n) is 11.3. The van der Waals surface area contributed by atoms with Gasteiger partial charge in [0, 0.05) is 24.5 Å². The second-order valence-corrected chi connectivity index (χ2v) is 7.88. The predicted molar refractivity (Wildman–Crippen MR) is 80.9 cm³/mol. The fourth-order valence-corrected chi connectivity index (χ4v) is 5.34. The summed E-state index contributed by atoms with van der Waals surface area (Å²) in [5, 5.41) is 0. The van der Waals surface area contributed by atoms with E-state index in [9.17, 15) is 8.42 Å². The van der Waals surface area contributed by atoms with Gasteiger partial charge < -0.3 is 5.73 Å². The summed E-state index contributed by atoms with van der Waals surface area (Å²) in [4.78, 5) is 0.356. The topological polar surface area (TPSA) is 63.4 Å². The van der Waals surface area contributed by atoms with Gasteiger partial charge in [0.1, 0.15) is 0 Å². The maximum atomic E-state index is 12.7. The van der Waals surface area contributed by atoms with Crippen LogP contribution in [0.15, 0.2) is 23.1 Å². The van der Waals surface area contributed by atoms with Crippen molar-refractivity contribution in [1.29, 1.82) is 0 Å². The van der Waals surface area contributed by atoms with Crippen LogP contribution in [0.4, 0.5) is 5.69 Å². The van der Waals surface area contributed by atoms with Gasteiger partial charge in [-0.15, -0.1) is 0 Å². The SMILES string of the molecule is CCc1ccc(N)cc1S(=O)(=O)N(C)C1CCSC1. The van der Waals surface area contributed by atoms with Crippen LogP contribution in [0.25, 0.3) is 0 Å². The molecule has 1 atom stereocenters. The maximum absolute atomic E-state index is 12.7. The molecule has 0 saturated carbocycles. The number of nitrogens with zero attached hydrogens (tertiary/aromatic N) is 1. The monoisotopic (exact) mass is 300 g/mol. The number of nitrogens with two attached hydrogens (primary N) is 1. The van der Waals surface area contributed by atoms with Crippen LogP contribution >= 0.6 is 11.8 Å². The van der Waals surface area contributed by atoms with E-state index in [4.69, 9.17) is 5.73 Å². The third kappa shape index (κ3) is 2.90. The molecular formula is C13H20N2O2S2. The molecule has 0 aromatic heterocycles. The van der Waals surface area contributed by atoms with Gasteiger partial charge in [-0.3, -0.25) is 0 Å². The minimum Gasteiger partial charge on any atom is -0.399 e. The molecule has 1 aromatic carbocycles. The summed E-state index contributed by atoms with van der Waals surface area (Å²) >= 11 is 1.80. The first-order valence-corrected chi connectivity index (χ1v) is 9.00. The number of benzene rings is 1. The highest BCUT2D eigenvalue weighted by molar-refractivity contribution is 7.99. The summed E-state index contributed by atoms with van der Waals surface area (Å²) in [7, 11) is -1.77. The van der Waals surface area contributed by atoms with Crippen molar-refractivity contribution in [3.05, 3.63) is 23.8 Å². The predicted octanol–water partition coefficient (Wildman–Crippen LogP) is 1.96. The Balaban J connectivity index is 2.40. The molecule has 4 nitrogen and oxygen atoms in total. The number of nitrogen functional groups attached to an aromatic ring is 1. The molecule has 2 rings (SSSR count). The highest BCUT2D eigenvalue weighted by atomic mass is 32.2. The van der Waals surface area contributed by atoms with Crippen molar-refractivity contribution in [3.8, 4) is 0 Å². The zero-order chi connectivity index (χ0) is 14.0. The molecule has 1 fully saturated rings. The Hall–Kier alpha value is -0.720. The van der Waals surface area contributed by atoms with Crippen LogP contribution in [0.5, 0.6) is 0 Å². The lowest BCUT2D eigenvalue weighted by Gasteiger charge is -2.24. The van der Waals surface area contributed by atoms with E-state index >= 15 is 0 Å². The minimum atomic E-state index is -3.45. The number of anilines is 1. The van der Waals surface area contributed by atoms with Crippen molar-refractivity contribution in [2.75, 3.05) is 24.3 Å². The summed E-state index contributed by atoms with van der Waals surface area (Å²) < 4.78 is 26.9. The second-order valence-electron chi connectivity index (χ2n) is 4.76. The molecule has 1 unspecified atom stereocenters. The summed E-state index contributed by atoms with van der Waals surface area (Å²) in [5.41, 5.74) is 7.06. The Morgan fingerprint density at radius 2 is 2.21 bits per heavy atom. The van der Waals surface area contributed by atoms with Crippen LogP contribution in [0, 0.1) is 0 Å². The van der Waals surface area contributed by atoms with Crippen molar-refractivity contribution < 1.29 is 8.42 Å². The van der Waals surface area contributed by atoms with Gasteiger partial charge in [0.15, 0.2) is 0 Å². The van der Waals surface area contributed by atoms with E-state index < -0.39 is 10.0 Å². The lowest BCUT2D eigenvalue weighted by atomic mass is 10.1. The summed E-state index contributed by atoms with van der Waals surface area (Å²) in [6.45, 7) is 1.95. The highest BCUT2D eigenvalue weighted by Gasteiger charge is 2.31. The number of sulfonamides is 1. The quantitative estimate of drug-likeness (QED) is 0.863. The Morgan fingerprint density at radius 1 is 1.47 bits per heavy atom. The standard InChI is InChI=1S/C13H20N2O2S2/c1-3-10-4-5-11(14)8-13(10)19(16,17)15(2)12-6-7-18-9-12/h4-5,8,12H,3,6-7,9,14H2,1-2H3. The lowest BCUT2D eigenvalue weighted by Crippen LogP contribution is -2.37. The van der Waals surface area contributed by atoms with E-state index in [1.165, 1.54) is 4.31 Å². The summed E-state index contributed by atoms with van der Waals surface area (Å²) in [5.74, 6) is 1.90. The van der Waals surface area contributed by atoms with Crippen molar-refractivity contribution in [1.82, 2.24) is 4.31 Å². The molecule has 0 spiro atoms. The fraction of sp³-hybridized carbons (Fsp3) is 0.538. The van der Waals surface area contributed by atoms with Gasteiger partial charge in [0.05, 0.1) is 4.90 Å². The van der Waals surface area contributed by atoms with Gasteiger partial charge >= 0.3 is 0 Å². The summed E-state index contributed by atoms with van der Waals surface area (Å²) in [6.07, 6.45) is 1.60. The Bertz CT molecular complexity index is 552. The number of thioether (sulfide) groups is 1. The van der Waals surface area contributed by atoms with E-state index in [2.05, 4.69) is 0 Å². The molecular weight excluding hydrogens is 280 g/mol.